The average molecular weight is 434 g/mol. The Kier molecular flexibility index (Phi) is 7.13. The summed E-state index contributed by atoms with van der Waals surface area (Å²) in [5.41, 5.74) is 3.74. The molecule has 1 saturated heterocycles. The van der Waals surface area contributed by atoms with Crippen molar-refractivity contribution < 1.29 is 9.59 Å². The van der Waals surface area contributed by atoms with Gasteiger partial charge in [-0.3, -0.25) is 9.59 Å². The predicted molar refractivity (Wildman–Crippen MR) is 130 cm³/mol. The van der Waals surface area contributed by atoms with Crippen molar-refractivity contribution in [1.29, 1.82) is 0 Å². The SMILES string of the molecule is CC(C)CC(=O)Nc1ccc(N2CCC(Cc3ccccc3)CC2)c(C(=O)NC2CC2)c1. The highest BCUT2D eigenvalue weighted by Crippen LogP contribution is 2.31. The molecule has 2 aliphatic rings. The van der Waals surface area contributed by atoms with Crippen LogP contribution in [0, 0.1) is 11.8 Å². The Labute approximate surface area is 191 Å². The van der Waals surface area contributed by atoms with E-state index in [1.54, 1.807) is 0 Å². The molecule has 0 spiro atoms. The number of amides is 2. The molecule has 5 nitrogen and oxygen atoms in total. The van der Waals surface area contributed by atoms with E-state index in [2.05, 4.69) is 45.9 Å². The van der Waals surface area contributed by atoms with E-state index in [0.29, 0.717) is 35.5 Å². The quantitative estimate of drug-likeness (QED) is 0.614. The zero-order valence-electron chi connectivity index (χ0n) is 19.3. The number of anilines is 2. The van der Waals surface area contributed by atoms with Gasteiger partial charge in [0.1, 0.15) is 0 Å². The first-order chi connectivity index (χ1) is 15.5. The number of nitrogens with one attached hydrogen (secondary N) is 2. The molecule has 1 aliphatic heterocycles. The van der Waals surface area contributed by atoms with Crippen molar-refractivity contribution >= 4 is 23.2 Å². The van der Waals surface area contributed by atoms with Gasteiger partial charge >= 0.3 is 0 Å². The minimum atomic E-state index is -0.0335. The Morgan fingerprint density at radius 2 is 1.72 bits per heavy atom. The van der Waals surface area contributed by atoms with Crippen molar-refractivity contribution in [2.24, 2.45) is 11.8 Å². The number of carbonyl (C=O) groups excluding carboxylic acids is 2. The Morgan fingerprint density at radius 3 is 2.38 bits per heavy atom. The maximum Gasteiger partial charge on any atom is 0.253 e. The summed E-state index contributed by atoms with van der Waals surface area (Å²) in [5.74, 6) is 0.924. The molecular formula is C27H35N3O2. The van der Waals surface area contributed by atoms with Crippen LogP contribution in [-0.2, 0) is 11.2 Å². The van der Waals surface area contributed by atoms with E-state index in [4.69, 9.17) is 0 Å². The van der Waals surface area contributed by atoms with Crippen molar-refractivity contribution in [3.63, 3.8) is 0 Å². The lowest BCUT2D eigenvalue weighted by atomic mass is 9.89. The minimum absolute atomic E-state index is 0.0111. The fraction of sp³-hybridized carbons (Fsp3) is 0.481. The van der Waals surface area contributed by atoms with E-state index in [1.165, 1.54) is 5.56 Å². The van der Waals surface area contributed by atoms with Crippen LogP contribution in [-0.4, -0.2) is 30.9 Å². The van der Waals surface area contributed by atoms with Gasteiger partial charge in [-0.2, -0.15) is 0 Å². The number of carbonyl (C=O) groups is 2. The maximum absolute atomic E-state index is 13.0. The van der Waals surface area contributed by atoms with Crippen molar-refractivity contribution in [2.75, 3.05) is 23.3 Å². The van der Waals surface area contributed by atoms with Crippen LogP contribution in [0.1, 0.15) is 61.9 Å². The first-order valence-corrected chi connectivity index (χ1v) is 12.0. The number of hydrogen-bond acceptors (Lipinski definition) is 3. The molecule has 1 heterocycles. The fourth-order valence-electron chi connectivity index (χ4n) is 4.47. The third-order valence-electron chi connectivity index (χ3n) is 6.35. The van der Waals surface area contributed by atoms with Crippen LogP contribution >= 0.6 is 0 Å². The molecule has 1 saturated carbocycles. The van der Waals surface area contributed by atoms with Crippen LogP contribution in [0.25, 0.3) is 0 Å². The van der Waals surface area contributed by atoms with Gasteiger partial charge in [0.25, 0.3) is 5.91 Å². The van der Waals surface area contributed by atoms with Gasteiger partial charge in [-0.15, -0.1) is 0 Å². The molecule has 0 aromatic heterocycles. The standard InChI is InChI=1S/C27H35N3O2/c1-19(2)16-26(31)28-23-10-11-25(24(18-23)27(32)29-22-8-9-22)30-14-12-21(13-15-30)17-20-6-4-3-5-7-20/h3-7,10-11,18-19,21-22H,8-9,12-17H2,1-2H3,(H,28,31)(H,29,32). The van der Waals surface area contributed by atoms with Crippen LogP contribution in [0.4, 0.5) is 11.4 Å². The van der Waals surface area contributed by atoms with Gasteiger partial charge in [0.2, 0.25) is 5.91 Å². The molecule has 0 atom stereocenters. The van der Waals surface area contributed by atoms with Crippen molar-refractivity contribution in [3.8, 4) is 0 Å². The largest absolute Gasteiger partial charge is 0.371 e. The average Bonchev–Trinajstić information content (AvgIpc) is 3.58. The second-order valence-corrected chi connectivity index (χ2v) is 9.75. The van der Waals surface area contributed by atoms with Crippen LogP contribution in [0.5, 0.6) is 0 Å². The van der Waals surface area contributed by atoms with Gasteiger partial charge in [-0.1, -0.05) is 44.2 Å². The molecule has 2 N–H and O–H groups in total. The highest BCUT2D eigenvalue weighted by molar-refractivity contribution is 6.02. The van der Waals surface area contributed by atoms with Gasteiger partial charge in [0.15, 0.2) is 0 Å². The van der Waals surface area contributed by atoms with Crippen molar-refractivity contribution in [2.45, 2.75) is 58.4 Å². The number of piperidine rings is 1. The number of hydrogen-bond donors (Lipinski definition) is 2. The summed E-state index contributed by atoms with van der Waals surface area (Å²) in [6, 6.07) is 16.8. The normalized spacial score (nSPS) is 16.8. The van der Waals surface area contributed by atoms with E-state index < -0.39 is 0 Å². The zero-order chi connectivity index (χ0) is 22.5. The van der Waals surface area contributed by atoms with Crippen LogP contribution < -0.4 is 15.5 Å². The van der Waals surface area contributed by atoms with Crippen LogP contribution in [0.3, 0.4) is 0 Å². The third kappa shape index (κ3) is 6.12. The molecule has 2 amide bonds. The highest BCUT2D eigenvalue weighted by Gasteiger charge is 2.27. The molecule has 170 valence electrons. The van der Waals surface area contributed by atoms with Gasteiger partial charge in [-0.05, 0) is 67.7 Å². The molecule has 32 heavy (non-hydrogen) atoms. The van der Waals surface area contributed by atoms with Gasteiger partial charge in [0.05, 0.1) is 5.56 Å². The molecule has 2 fully saturated rings. The molecule has 4 rings (SSSR count). The van der Waals surface area contributed by atoms with Gasteiger partial charge < -0.3 is 15.5 Å². The fourth-order valence-corrected chi connectivity index (χ4v) is 4.47. The lowest BCUT2D eigenvalue weighted by Gasteiger charge is -2.35. The Hall–Kier alpha value is -2.82. The Morgan fingerprint density at radius 1 is 1.00 bits per heavy atom. The summed E-state index contributed by atoms with van der Waals surface area (Å²) in [7, 11) is 0. The number of rotatable bonds is 8. The zero-order valence-corrected chi connectivity index (χ0v) is 19.3. The molecule has 0 radical (unpaired) electrons. The Bertz CT molecular complexity index is 929. The van der Waals surface area contributed by atoms with Gasteiger partial charge in [-0.25, -0.2) is 0 Å². The lowest BCUT2D eigenvalue weighted by Crippen LogP contribution is -2.36. The minimum Gasteiger partial charge on any atom is -0.371 e. The summed E-state index contributed by atoms with van der Waals surface area (Å²) in [4.78, 5) is 27.6. The summed E-state index contributed by atoms with van der Waals surface area (Å²) >= 11 is 0. The topological polar surface area (TPSA) is 61.4 Å². The molecule has 2 aromatic carbocycles. The van der Waals surface area contributed by atoms with E-state index in [-0.39, 0.29) is 11.8 Å². The third-order valence-corrected chi connectivity index (χ3v) is 6.35. The molecular weight excluding hydrogens is 398 g/mol. The first kappa shape index (κ1) is 22.4. The van der Waals surface area contributed by atoms with E-state index in [0.717, 1.165) is 50.9 Å². The molecule has 0 unspecified atom stereocenters. The summed E-state index contributed by atoms with van der Waals surface area (Å²) in [6.45, 7) is 5.94. The second kappa shape index (κ2) is 10.2. The summed E-state index contributed by atoms with van der Waals surface area (Å²) in [5, 5.41) is 6.09. The van der Waals surface area contributed by atoms with Gasteiger partial charge in [0, 0.05) is 36.9 Å². The molecule has 2 aromatic rings. The highest BCUT2D eigenvalue weighted by atomic mass is 16.2. The van der Waals surface area contributed by atoms with Crippen molar-refractivity contribution in [1.82, 2.24) is 5.32 Å². The molecule has 1 aliphatic carbocycles. The van der Waals surface area contributed by atoms with E-state index >= 15 is 0 Å². The Balaban J connectivity index is 1.45. The molecule has 0 bridgehead atoms. The number of benzene rings is 2. The maximum atomic E-state index is 13.0. The monoisotopic (exact) mass is 433 g/mol. The summed E-state index contributed by atoms with van der Waals surface area (Å²) < 4.78 is 0. The first-order valence-electron chi connectivity index (χ1n) is 12.0. The van der Waals surface area contributed by atoms with Crippen molar-refractivity contribution in [3.05, 3.63) is 59.7 Å². The summed E-state index contributed by atoms with van der Waals surface area (Å²) in [6.07, 6.45) is 5.93. The van der Waals surface area contributed by atoms with E-state index in [1.807, 2.05) is 32.0 Å². The van der Waals surface area contributed by atoms with Crippen LogP contribution in [0.15, 0.2) is 48.5 Å². The number of nitrogens with zero attached hydrogens (tertiary/aromatic N) is 1. The van der Waals surface area contributed by atoms with E-state index in [9.17, 15) is 9.59 Å². The lowest BCUT2D eigenvalue weighted by molar-refractivity contribution is -0.116. The van der Waals surface area contributed by atoms with Crippen LogP contribution in [0.2, 0.25) is 0 Å². The second-order valence-electron chi connectivity index (χ2n) is 9.75. The predicted octanol–water partition coefficient (Wildman–Crippen LogP) is 5.02. The smallest absolute Gasteiger partial charge is 0.253 e. The molecule has 5 heteroatoms.